The molecule has 2 aromatic carbocycles. The van der Waals surface area contributed by atoms with Gasteiger partial charge in [0.15, 0.2) is 5.82 Å². The van der Waals surface area contributed by atoms with E-state index in [1.165, 1.54) is 0 Å². The summed E-state index contributed by atoms with van der Waals surface area (Å²) < 4.78 is 10.6. The third-order valence-electron chi connectivity index (χ3n) is 4.78. The van der Waals surface area contributed by atoms with Gasteiger partial charge < -0.3 is 25.0 Å². The van der Waals surface area contributed by atoms with Crippen molar-refractivity contribution in [3.8, 4) is 5.75 Å². The van der Waals surface area contributed by atoms with Crippen LogP contribution in [0.4, 0.5) is 22.9 Å². The lowest BCUT2D eigenvalue weighted by molar-refractivity contribution is 0.102. The van der Waals surface area contributed by atoms with E-state index < -0.39 is 0 Å². The quantitative estimate of drug-likeness (QED) is 0.650. The molecule has 1 saturated heterocycles. The average molecular weight is 405 g/mol. The first-order chi connectivity index (χ1) is 14.7. The SMILES string of the molecule is COc1ccccc1C(=O)Nc1ccc(Nc2cc(N3CCOCC3)cnn2)cc1. The first-order valence-corrected chi connectivity index (χ1v) is 9.70. The molecule has 3 aromatic rings. The van der Waals surface area contributed by atoms with Crippen LogP contribution in [0.15, 0.2) is 60.8 Å². The van der Waals surface area contributed by atoms with E-state index in [1.807, 2.05) is 36.4 Å². The number of nitrogens with one attached hydrogen (secondary N) is 2. The minimum Gasteiger partial charge on any atom is -0.496 e. The highest BCUT2D eigenvalue weighted by Crippen LogP contribution is 2.23. The van der Waals surface area contributed by atoms with E-state index in [1.54, 1.807) is 31.5 Å². The van der Waals surface area contributed by atoms with E-state index >= 15 is 0 Å². The smallest absolute Gasteiger partial charge is 0.259 e. The number of morpholine rings is 1. The van der Waals surface area contributed by atoms with Gasteiger partial charge in [0.2, 0.25) is 0 Å². The van der Waals surface area contributed by atoms with Crippen molar-refractivity contribution in [1.29, 1.82) is 0 Å². The van der Waals surface area contributed by atoms with E-state index in [4.69, 9.17) is 9.47 Å². The number of para-hydroxylation sites is 1. The van der Waals surface area contributed by atoms with Crippen LogP contribution in [-0.4, -0.2) is 49.5 Å². The number of nitrogens with zero attached hydrogens (tertiary/aromatic N) is 3. The second-order valence-corrected chi connectivity index (χ2v) is 6.76. The van der Waals surface area contributed by atoms with E-state index in [0.29, 0.717) is 36.0 Å². The molecule has 2 N–H and O–H groups in total. The van der Waals surface area contributed by atoms with Crippen molar-refractivity contribution in [2.24, 2.45) is 0 Å². The Bertz CT molecular complexity index is 1000. The molecule has 8 heteroatoms. The van der Waals surface area contributed by atoms with Gasteiger partial charge in [-0.2, -0.15) is 5.10 Å². The van der Waals surface area contributed by atoms with E-state index in [2.05, 4.69) is 25.7 Å². The van der Waals surface area contributed by atoms with Crippen molar-refractivity contribution in [1.82, 2.24) is 10.2 Å². The maximum atomic E-state index is 12.5. The summed E-state index contributed by atoms with van der Waals surface area (Å²) in [5, 5.41) is 14.4. The number of amides is 1. The van der Waals surface area contributed by atoms with Crippen LogP contribution in [0.25, 0.3) is 0 Å². The highest BCUT2D eigenvalue weighted by Gasteiger charge is 2.13. The van der Waals surface area contributed by atoms with Gasteiger partial charge in [-0.05, 0) is 36.4 Å². The third-order valence-corrected chi connectivity index (χ3v) is 4.78. The molecule has 0 aliphatic carbocycles. The Morgan fingerprint density at radius 1 is 1.07 bits per heavy atom. The number of hydrogen-bond donors (Lipinski definition) is 2. The summed E-state index contributed by atoms with van der Waals surface area (Å²) in [6.45, 7) is 3.11. The third kappa shape index (κ3) is 4.66. The van der Waals surface area contributed by atoms with Gasteiger partial charge in [0.1, 0.15) is 5.75 Å². The summed E-state index contributed by atoms with van der Waals surface area (Å²) in [6.07, 6.45) is 1.76. The fraction of sp³-hybridized carbons (Fsp3) is 0.227. The van der Waals surface area contributed by atoms with Crippen molar-refractivity contribution in [3.63, 3.8) is 0 Å². The number of benzene rings is 2. The molecule has 30 heavy (non-hydrogen) atoms. The van der Waals surface area contributed by atoms with Crippen LogP contribution < -0.4 is 20.3 Å². The molecule has 0 radical (unpaired) electrons. The molecule has 0 atom stereocenters. The fourth-order valence-electron chi connectivity index (χ4n) is 3.23. The summed E-state index contributed by atoms with van der Waals surface area (Å²) in [5.74, 6) is 0.967. The first kappa shape index (κ1) is 19.7. The van der Waals surface area contributed by atoms with Crippen LogP contribution >= 0.6 is 0 Å². The minimum atomic E-state index is -0.225. The normalized spacial score (nSPS) is 13.6. The molecule has 1 amide bonds. The van der Waals surface area contributed by atoms with Gasteiger partial charge >= 0.3 is 0 Å². The monoisotopic (exact) mass is 405 g/mol. The second kappa shape index (κ2) is 9.23. The summed E-state index contributed by atoms with van der Waals surface area (Å²) in [4.78, 5) is 14.7. The van der Waals surface area contributed by atoms with Crippen molar-refractivity contribution in [2.45, 2.75) is 0 Å². The van der Waals surface area contributed by atoms with E-state index in [0.717, 1.165) is 24.5 Å². The average Bonchev–Trinajstić information content (AvgIpc) is 2.81. The minimum absolute atomic E-state index is 0.225. The Labute approximate surface area is 174 Å². The molecule has 0 spiro atoms. The zero-order valence-electron chi connectivity index (χ0n) is 16.7. The van der Waals surface area contributed by atoms with Gasteiger partial charge in [-0.15, -0.1) is 5.10 Å². The Hall–Kier alpha value is -3.65. The maximum Gasteiger partial charge on any atom is 0.259 e. The lowest BCUT2D eigenvalue weighted by atomic mass is 10.2. The van der Waals surface area contributed by atoms with Crippen molar-refractivity contribution in [2.75, 3.05) is 48.9 Å². The maximum absolute atomic E-state index is 12.5. The van der Waals surface area contributed by atoms with E-state index in [-0.39, 0.29) is 5.91 Å². The van der Waals surface area contributed by atoms with E-state index in [9.17, 15) is 4.79 Å². The summed E-state index contributed by atoms with van der Waals surface area (Å²) in [7, 11) is 1.55. The number of aromatic nitrogens is 2. The highest BCUT2D eigenvalue weighted by molar-refractivity contribution is 6.06. The molecule has 154 valence electrons. The Balaban J connectivity index is 1.41. The molecule has 0 unspecified atom stereocenters. The van der Waals surface area contributed by atoms with Crippen LogP contribution in [0.3, 0.4) is 0 Å². The topological polar surface area (TPSA) is 88.6 Å². The van der Waals surface area contributed by atoms with Crippen LogP contribution in [0.2, 0.25) is 0 Å². The number of carbonyl (C=O) groups is 1. The molecule has 1 aliphatic rings. The standard InChI is InChI=1S/C22H23N5O3/c1-29-20-5-3-2-4-19(20)22(28)25-17-8-6-16(7-9-17)24-21-14-18(15-23-26-21)27-10-12-30-13-11-27/h2-9,14-15H,10-13H2,1H3,(H,24,26)(H,25,28). The summed E-state index contributed by atoms with van der Waals surface area (Å²) >= 11 is 0. The molecule has 0 saturated carbocycles. The molecular formula is C22H23N5O3. The van der Waals surface area contributed by atoms with Crippen molar-refractivity contribution >= 4 is 28.8 Å². The van der Waals surface area contributed by atoms with Gasteiger partial charge in [-0.3, -0.25) is 4.79 Å². The van der Waals surface area contributed by atoms with Gasteiger partial charge in [-0.25, -0.2) is 0 Å². The molecule has 0 bridgehead atoms. The molecule has 2 heterocycles. The van der Waals surface area contributed by atoms with Gasteiger partial charge in [0, 0.05) is 30.5 Å². The fourth-order valence-corrected chi connectivity index (χ4v) is 3.23. The van der Waals surface area contributed by atoms with Crippen LogP contribution in [0.1, 0.15) is 10.4 Å². The second-order valence-electron chi connectivity index (χ2n) is 6.76. The van der Waals surface area contributed by atoms with Crippen LogP contribution in [-0.2, 0) is 4.74 Å². The highest BCUT2D eigenvalue weighted by atomic mass is 16.5. The Morgan fingerprint density at radius 3 is 2.57 bits per heavy atom. The first-order valence-electron chi connectivity index (χ1n) is 9.70. The van der Waals surface area contributed by atoms with Crippen molar-refractivity contribution < 1.29 is 14.3 Å². The molecule has 1 aromatic heterocycles. The Kier molecular flexibility index (Phi) is 6.05. The number of rotatable bonds is 6. The number of carbonyl (C=O) groups excluding carboxylic acids is 1. The lowest BCUT2D eigenvalue weighted by Gasteiger charge is -2.28. The van der Waals surface area contributed by atoms with Crippen LogP contribution in [0.5, 0.6) is 5.75 Å². The predicted molar refractivity (Wildman–Crippen MR) is 116 cm³/mol. The zero-order valence-corrected chi connectivity index (χ0v) is 16.7. The van der Waals surface area contributed by atoms with Crippen LogP contribution in [0, 0.1) is 0 Å². The molecule has 8 nitrogen and oxygen atoms in total. The number of anilines is 4. The number of hydrogen-bond acceptors (Lipinski definition) is 7. The largest absolute Gasteiger partial charge is 0.496 e. The molecule has 1 fully saturated rings. The number of ether oxygens (including phenoxy) is 2. The lowest BCUT2D eigenvalue weighted by Crippen LogP contribution is -2.36. The van der Waals surface area contributed by atoms with Gasteiger partial charge in [0.05, 0.1) is 37.8 Å². The summed E-state index contributed by atoms with van der Waals surface area (Å²) in [5.41, 5.74) is 3.03. The van der Waals surface area contributed by atoms with Crippen molar-refractivity contribution in [3.05, 3.63) is 66.4 Å². The van der Waals surface area contributed by atoms with Gasteiger partial charge in [0.25, 0.3) is 5.91 Å². The Morgan fingerprint density at radius 2 is 1.80 bits per heavy atom. The van der Waals surface area contributed by atoms with Gasteiger partial charge in [-0.1, -0.05) is 12.1 Å². The zero-order chi connectivity index (χ0) is 20.8. The molecular weight excluding hydrogens is 382 g/mol. The molecule has 4 rings (SSSR count). The summed E-state index contributed by atoms with van der Waals surface area (Å²) in [6, 6.07) is 16.5. The number of methoxy groups -OCH3 is 1. The predicted octanol–water partition coefficient (Wildman–Crippen LogP) is 3.32. The molecule has 1 aliphatic heterocycles.